The van der Waals surface area contributed by atoms with Crippen molar-refractivity contribution in [2.75, 3.05) is 38.0 Å². The second-order valence-electron chi connectivity index (χ2n) is 6.41. The fourth-order valence-corrected chi connectivity index (χ4v) is 2.98. The predicted octanol–water partition coefficient (Wildman–Crippen LogP) is 2.29. The van der Waals surface area contributed by atoms with E-state index < -0.39 is 0 Å². The molecule has 0 atom stereocenters. The minimum atomic E-state index is -0.350. The number of piperazine rings is 1. The van der Waals surface area contributed by atoms with Gasteiger partial charge in [-0.1, -0.05) is 6.07 Å². The number of anilines is 1. The first-order chi connectivity index (χ1) is 12.1. The summed E-state index contributed by atoms with van der Waals surface area (Å²) < 4.78 is 13.2. The number of pyridine rings is 1. The van der Waals surface area contributed by atoms with Crippen molar-refractivity contribution in [3.8, 4) is 0 Å². The zero-order valence-electron chi connectivity index (χ0n) is 14.4. The van der Waals surface area contributed by atoms with Crippen LogP contribution in [-0.2, 0) is 11.3 Å². The van der Waals surface area contributed by atoms with Gasteiger partial charge in [-0.25, -0.2) is 4.39 Å². The number of nitrogens with zero attached hydrogens (tertiary/aromatic N) is 3. The maximum atomic E-state index is 13.2. The average Bonchev–Trinajstić information content (AvgIpc) is 2.58. The van der Waals surface area contributed by atoms with Crippen molar-refractivity contribution < 1.29 is 9.18 Å². The van der Waals surface area contributed by atoms with Crippen molar-refractivity contribution in [3.05, 3.63) is 59.7 Å². The first-order valence-corrected chi connectivity index (χ1v) is 8.50. The van der Waals surface area contributed by atoms with Crippen LogP contribution in [0.4, 0.5) is 10.1 Å². The second kappa shape index (κ2) is 8.18. The molecule has 5 nitrogen and oxygen atoms in total. The molecule has 132 valence electrons. The third kappa shape index (κ3) is 5.08. The van der Waals surface area contributed by atoms with Crippen molar-refractivity contribution >= 4 is 11.6 Å². The third-order valence-electron chi connectivity index (χ3n) is 4.48. The van der Waals surface area contributed by atoms with Crippen LogP contribution in [0.1, 0.15) is 11.1 Å². The Morgan fingerprint density at radius 1 is 1.20 bits per heavy atom. The Morgan fingerprint density at radius 3 is 2.68 bits per heavy atom. The van der Waals surface area contributed by atoms with Gasteiger partial charge in [0, 0.05) is 50.8 Å². The molecule has 1 fully saturated rings. The van der Waals surface area contributed by atoms with E-state index in [0.717, 1.165) is 32.7 Å². The van der Waals surface area contributed by atoms with Gasteiger partial charge in [0.15, 0.2) is 0 Å². The Kier molecular flexibility index (Phi) is 5.73. The van der Waals surface area contributed by atoms with Crippen LogP contribution >= 0.6 is 0 Å². The molecule has 0 saturated carbocycles. The third-order valence-corrected chi connectivity index (χ3v) is 4.48. The van der Waals surface area contributed by atoms with Crippen LogP contribution in [0.15, 0.2) is 42.7 Å². The number of hydrogen-bond donors (Lipinski definition) is 1. The highest BCUT2D eigenvalue weighted by Gasteiger charge is 2.19. The fourth-order valence-electron chi connectivity index (χ4n) is 2.98. The molecule has 3 rings (SSSR count). The number of nitrogens with one attached hydrogen (secondary N) is 1. The summed E-state index contributed by atoms with van der Waals surface area (Å²) in [6.07, 6.45) is 3.74. The lowest BCUT2D eigenvalue weighted by Gasteiger charge is -2.34. The second-order valence-corrected chi connectivity index (χ2v) is 6.41. The van der Waals surface area contributed by atoms with Crippen molar-refractivity contribution in [3.63, 3.8) is 0 Å². The molecule has 0 radical (unpaired) electrons. The molecule has 0 spiro atoms. The minimum absolute atomic E-state index is 0.109. The first-order valence-electron chi connectivity index (χ1n) is 8.50. The summed E-state index contributed by atoms with van der Waals surface area (Å²) in [5, 5.41) is 2.75. The summed E-state index contributed by atoms with van der Waals surface area (Å²) in [5.74, 6) is -0.459. The van der Waals surface area contributed by atoms with Crippen LogP contribution in [0.2, 0.25) is 0 Å². The molecule has 2 aromatic rings. The summed E-state index contributed by atoms with van der Waals surface area (Å²) >= 11 is 0. The Morgan fingerprint density at radius 2 is 1.96 bits per heavy atom. The summed E-state index contributed by atoms with van der Waals surface area (Å²) in [7, 11) is 0. The first kappa shape index (κ1) is 17.5. The van der Waals surface area contributed by atoms with Gasteiger partial charge in [0.2, 0.25) is 5.91 Å². The Labute approximate surface area is 147 Å². The molecular formula is C19H23FN4O. The van der Waals surface area contributed by atoms with E-state index in [-0.39, 0.29) is 11.7 Å². The molecule has 1 aromatic heterocycles. The smallest absolute Gasteiger partial charge is 0.238 e. The predicted molar refractivity (Wildman–Crippen MR) is 95.7 cm³/mol. The highest BCUT2D eigenvalue weighted by Crippen LogP contribution is 2.12. The van der Waals surface area contributed by atoms with Gasteiger partial charge in [0.05, 0.1) is 6.54 Å². The molecule has 1 aliphatic heterocycles. The van der Waals surface area contributed by atoms with E-state index in [1.807, 2.05) is 18.5 Å². The number of benzene rings is 1. The summed E-state index contributed by atoms with van der Waals surface area (Å²) in [6, 6.07) is 7.99. The molecule has 1 aromatic carbocycles. The SMILES string of the molecule is Cc1ccncc1CN1CCN(CC(=O)Nc2cccc(F)c2)CC1. The van der Waals surface area contributed by atoms with Gasteiger partial charge in [-0.15, -0.1) is 0 Å². The molecule has 2 heterocycles. The van der Waals surface area contributed by atoms with Crippen molar-refractivity contribution in [2.45, 2.75) is 13.5 Å². The molecule has 1 saturated heterocycles. The fraction of sp³-hybridized carbons (Fsp3) is 0.368. The number of rotatable bonds is 5. The number of amides is 1. The zero-order chi connectivity index (χ0) is 17.6. The summed E-state index contributed by atoms with van der Waals surface area (Å²) in [4.78, 5) is 20.8. The Bertz CT molecular complexity index is 729. The maximum absolute atomic E-state index is 13.2. The molecule has 1 amide bonds. The number of hydrogen-bond acceptors (Lipinski definition) is 4. The summed E-state index contributed by atoms with van der Waals surface area (Å²) in [5.41, 5.74) is 3.00. The molecule has 0 aliphatic carbocycles. The molecule has 1 N–H and O–H groups in total. The van der Waals surface area contributed by atoms with Crippen LogP contribution in [-0.4, -0.2) is 53.4 Å². The van der Waals surface area contributed by atoms with Gasteiger partial charge in [-0.2, -0.15) is 0 Å². The highest BCUT2D eigenvalue weighted by molar-refractivity contribution is 5.92. The molecule has 6 heteroatoms. The van der Waals surface area contributed by atoms with Gasteiger partial charge in [0.25, 0.3) is 0 Å². The Balaban J connectivity index is 1.44. The van der Waals surface area contributed by atoms with E-state index in [0.29, 0.717) is 12.2 Å². The standard InChI is InChI=1S/C19H23FN4O/c1-15-5-6-21-12-16(15)13-23-7-9-24(10-8-23)14-19(25)22-18-4-2-3-17(20)11-18/h2-6,11-12H,7-10,13-14H2,1H3,(H,22,25). The normalized spacial score (nSPS) is 15.9. The number of halogens is 1. The van der Waals surface area contributed by atoms with Crippen LogP contribution < -0.4 is 5.32 Å². The lowest BCUT2D eigenvalue weighted by molar-refractivity contribution is -0.117. The molecular weight excluding hydrogens is 319 g/mol. The van der Waals surface area contributed by atoms with E-state index >= 15 is 0 Å². The van der Waals surface area contributed by atoms with Gasteiger partial charge >= 0.3 is 0 Å². The van der Waals surface area contributed by atoms with E-state index in [1.54, 1.807) is 12.1 Å². The van der Waals surface area contributed by atoms with Crippen molar-refractivity contribution in [2.24, 2.45) is 0 Å². The van der Waals surface area contributed by atoms with E-state index in [9.17, 15) is 9.18 Å². The van der Waals surface area contributed by atoms with Crippen LogP contribution in [0.25, 0.3) is 0 Å². The van der Waals surface area contributed by atoms with Crippen molar-refractivity contribution in [1.82, 2.24) is 14.8 Å². The topological polar surface area (TPSA) is 48.5 Å². The van der Waals surface area contributed by atoms with Crippen LogP contribution in [0.3, 0.4) is 0 Å². The largest absolute Gasteiger partial charge is 0.325 e. The van der Waals surface area contributed by atoms with Gasteiger partial charge < -0.3 is 5.32 Å². The summed E-state index contributed by atoms with van der Waals surface area (Å²) in [6.45, 7) is 6.85. The minimum Gasteiger partial charge on any atom is -0.325 e. The quantitative estimate of drug-likeness (QED) is 0.906. The average molecular weight is 342 g/mol. The lowest BCUT2D eigenvalue weighted by atomic mass is 10.1. The molecule has 25 heavy (non-hydrogen) atoms. The van der Waals surface area contributed by atoms with E-state index in [1.165, 1.54) is 23.3 Å². The van der Waals surface area contributed by atoms with Gasteiger partial charge in [-0.05, 0) is 42.3 Å². The van der Waals surface area contributed by atoms with Gasteiger partial charge in [0.1, 0.15) is 5.82 Å². The number of aromatic nitrogens is 1. The number of carbonyl (C=O) groups excluding carboxylic acids is 1. The van der Waals surface area contributed by atoms with Crippen molar-refractivity contribution in [1.29, 1.82) is 0 Å². The number of aryl methyl sites for hydroxylation is 1. The Hall–Kier alpha value is -2.31. The van der Waals surface area contributed by atoms with E-state index in [2.05, 4.69) is 27.0 Å². The maximum Gasteiger partial charge on any atom is 0.238 e. The molecule has 0 bridgehead atoms. The number of carbonyl (C=O) groups is 1. The van der Waals surface area contributed by atoms with Crippen LogP contribution in [0, 0.1) is 12.7 Å². The lowest BCUT2D eigenvalue weighted by Crippen LogP contribution is -2.48. The monoisotopic (exact) mass is 342 g/mol. The van der Waals surface area contributed by atoms with Gasteiger partial charge in [-0.3, -0.25) is 19.6 Å². The highest BCUT2D eigenvalue weighted by atomic mass is 19.1. The molecule has 1 aliphatic rings. The van der Waals surface area contributed by atoms with E-state index in [4.69, 9.17) is 0 Å². The molecule has 0 unspecified atom stereocenters. The van der Waals surface area contributed by atoms with Crippen LogP contribution in [0.5, 0.6) is 0 Å². The zero-order valence-corrected chi connectivity index (χ0v) is 14.4.